The van der Waals surface area contributed by atoms with Gasteiger partial charge in [0, 0.05) is 11.8 Å². The fourth-order valence-corrected chi connectivity index (χ4v) is 1.12. The molecule has 0 aliphatic rings. The summed E-state index contributed by atoms with van der Waals surface area (Å²) in [5.74, 6) is -2.14. The molecule has 0 radical (unpaired) electrons. The normalized spacial score (nSPS) is 12.2. The molecule has 0 unspecified atom stereocenters. The lowest BCUT2D eigenvalue weighted by Crippen LogP contribution is -2.15. The van der Waals surface area contributed by atoms with E-state index in [0.29, 0.717) is 6.20 Å². The maximum atomic E-state index is 13.1. The number of hydrogen-bond donors (Lipinski definition) is 1. The predicted molar refractivity (Wildman–Crippen MR) is 40.1 cm³/mol. The molecule has 1 N–H and O–H groups in total. The number of aliphatic hydroxyl groups is 1. The average molecular weight is 245 g/mol. The van der Waals surface area contributed by atoms with Gasteiger partial charge in [0.25, 0.3) is 6.43 Å². The van der Waals surface area contributed by atoms with Crippen LogP contribution >= 0.6 is 0 Å². The van der Waals surface area contributed by atoms with E-state index in [0.717, 1.165) is 0 Å². The Bertz CT molecular complexity index is 389. The van der Waals surface area contributed by atoms with E-state index in [1.54, 1.807) is 0 Å². The summed E-state index contributed by atoms with van der Waals surface area (Å²) in [6.45, 7) is -1.14. The zero-order valence-electron chi connectivity index (χ0n) is 7.52. The molecule has 0 saturated carbocycles. The highest BCUT2D eigenvalue weighted by Crippen LogP contribution is 2.36. The van der Waals surface area contributed by atoms with Crippen LogP contribution in [0.1, 0.15) is 23.2 Å². The smallest absolute Gasteiger partial charge is 0.392 e. The maximum absolute atomic E-state index is 13.1. The zero-order valence-corrected chi connectivity index (χ0v) is 7.52. The first-order valence-corrected chi connectivity index (χ1v) is 3.92. The minimum absolute atomic E-state index is 0.382. The van der Waals surface area contributed by atoms with Gasteiger partial charge in [0.2, 0.25) is 0 Å². The van der Waals surface area contributed by atoms with Crippen LogP contribution in [-0.2, 0) is 12.8 Å². The number of aromatic nitrogens is 1. The Morgan fingerprint density at radius 3 is 2.25 bits per heavy atom. The van der Waals surface area contributed by atoms with Gasteiger partial charge in [-0.1, -0.05) is 0 Å². The van der Waals surface area contributed by atoms with Crippen molar-refractivity contribution < 1.29 is 31.4 Å². The second-order valence-corrected chi connectivity index (χ2v) is 2.81. The molecule has 1 aromatic rings. The Morgan fingerprint density at radius 2 is 1.88 bits per heavy atom. The van der Waals surface area contributed by atoms with Crippen LogP contribution in [0.25, 0.3) is 0 Å². The van der Waals surface area contributed by atoms with Crippen molar-refractivity contribution in [2.75, 3.05) is 0 Å². The Morgan fingerprint density at radius 1 is 1.31 bits per heavy atom. The van der Waals surface area contributed by atoms with Crippen molar-refractivity contribution in [3.8, 4) is 0 Å². The number of hydrogen-bond acceptors (Lipinski definition) is 2. The van der Waals surface area contributed by atoms with Crippen LogP contribution in [-0.4, -0.2) is 10.1 Å². The van der Waals surface area contributed by atoms with Gasteiger partial charge >= 0.3 is 6.18 Å². The standard InChI is InChI=1S/C8H5F6NO/c9-5-4(8(12,13)14)3(2-16)1-15-6(5)7(10)11/h1,7,16H,2H2. The van der Waals surface area contributed by atoms with Gasteiger partial charge in [0.05, 0.1) is 6.61 Å². The Balaban J connectivity index is 3.47. The Kier molecular flexibility index (Phi) is 3.41. The van der Waals surface area contributed by atoms with E-state index in [4.69, 9.17) is 5.11 Å². The van der Waals surface area contributed by atoms with Gasteiger partial charge in [-0.25, -0.2) is 13.2 Å². The number of nitrogens with zero attached hydrogens (tertiary/aromatic N) is 1. The van der Waals surface area contributed by atoms with Crippen molar-refractivity contribution in [1.29, 1.82) is 0 Å². The molecule has 0 saturated heterocycles. The number of aliphatic hydroxyl groups excluding tert-OH is 1. The van der Waals surface area contributed by atoms with Gasteiger partial charge in [-0.2, -0.15) is 13.2 Å². The van der Waals surface area contributed by atoms with Crippen LogP contribution in [0.4, 0.5) is 26.3 Å². The third kappa shape index (κ3) is 2.26. The monoisotopic (exact) mass is 245 g/mol. The van der Waals surface area contributed by atoms with Gasteiger partial charge in [0.15, 0.2) is 5.82 Å². The minimum Gasteiger partial charge on any atom is -0.392 e. The summed E-state index contributed by atoms with van der Waals surface area (Å²) < 4.78 is 74.2. The van der Waals surface area contributed by atoms with Crippen molar-refractivity contribution in [3.63, 3.8) is 0 Å². The molecule has 90 valence electrons. The molecule has 1 heterocycles. The van der Waals surface area contributed by atoms with E-state index in [9.17, 15) is 26.3 Å². The van der Waals surface area contributed by atoms with Crippen LogP contribution in [0.5, 0.6) is 0 Å². The fraction of sp³-hybridized carbons (Fsp3) is 0.375. The molecule has 0 aromatic carbocycles. The van der Waals surface area contributed by atoms with Gasteiger partial charge in [-0.05, 0) is 0 Å². The summed E-state index contributed by atoms with van der Waals surface area (Å²) in [6.07, 6.45) is -8.23. The third-order valence-corrected chi connectivity index (χ3v) is 1.79. The number of alkyl halides is 5. The van der Waals surface area contributed by atoms with Crippen molar-refractivity contribution in [2.45, 2.75) is 19.2 Å². The van der Waals surface area contributed by atoms with Crippen molar-refractivity contribution >= 4 is 0 Å². The number of rotatable bonds is 2. The van der Waals surface area contributed by atoms with E-state index >= 15 is 0 Å². The molecule has 0 fully saturated rings. The Hall–Kier alpha value is -1.31. The molecule has 0 amide bonds. The summed E-state index contributed by atoms with van der Waals surface area (Å²) in [6, 6.07) is 0. The molecule has 1 rings (SSSR count). The zero-order chi connectivity index (χ0) is 12.5. The fourth-order valence-electron chi connectivity index (χ4n) is 1.12. The quantitative estimate of drug-likeness (QED) is 0.812. The highest BCUT2D eigenvalue weighted by molar-refractivity contribution is 5.31. The van der Waals surface area contributed by atoms with Crippen molar-refractivity contribution in [1.82, 2.24) is 4.98 Å². The molecule has 16 heavy (non-hydrogen) atoms. The third-order valence-electron chi connectivity index (χ3n) is 1.79. The molecule has 0 aliphatic carbocycles. The van der Waals surface area contributed by atoms with E-state index in [1.807, 2.05) is 0 Å². The minimum atomic E-state index is -5.16. The molecule has 2 nitrogen and oxygen atoms in total. The van der Waals surface area contributed by atoms with Gasteiger partial charge in [-0.15, -0.1) is 0 Å². The lowest BCUT2D eigenvalue weighted by Gasteiger charge is -2.13. The molecule has 0 spiro atoms. The van der Waals surface area contributed by atoms with E-state index in [-0.39, 0.29) is 0 Å². The number of halogens is 6. The molecular weight excluding hydrogens is 240 g/mol. The summed E-state index contributed by atoms with van der Waals surface area (Å²) in [5.41, 5.74) is -4.36. The molecule has 0 aliphatic heterocycles. The lowest BCUT2D eigenvalue weighted by molar-refractivity contribution is -0.141. The second-order valence-electron chi connectivity index (χ2n) is 2.81. The number of pyridine rings is 1. The first kappa shape index (κ1) is 12.8. The molecule has 1 aromatic heterocycles. The van der Waals surface area contributed by atoms with Crippen molar-refractivity contribution in [2.24, 2.45) is 0 Å². The maximum Gasteiger partial charge on any atom is 0.419 e. The van der Waals surface area contributed by atoms with Gasteiger partial charge in [-0.3, -0.25) is 4.98 Å². The first-order valence-electron chi connectivity index (χ1n) is 3.92. The summed E-state index contributed by atoms with van der Waals surface area (Å²) in [4.78, 5) is 2.84. The van der Waals surface area contributed by atoms with Crippen LogP contribution in [0.15, 0.2) is 6.20 Å². The van der Waals surface area contributed by atoms with Crippen LogP contribution in [0.2, 0.25) is 0 Å². The topological polar surface area (TPSA) is 33.1 Å². The lowest BCUT2D eigenvalue weighted by atomic mass is 10.1. The highest BCUT2D eigenvalue weighted by Gasteiger charge is 2.39. The summed E-state index contributed by atoms with van der Waals surface area (Å²) >= 11 is 0. The summed E-state index contributed by atoms with van der Waals surface area (Å²) in [7, 11) is 0. The van der Waals surface area contributed by atoms with Crippen molar-refractivity contribution in [3.05, 3.63) is 28.8 Å². The SMILES string of the molecule is OCc1cnc(C(F)F)c(F)c1C(F)(F)F. The van der Waals surface area contributed by atoms with Crippen LogP contribution < -0.4 is 0 Å². The van der Waals surface area contributed by atoms with Gasteiger partial charge in [0.1, 0.15) is 11.3 Å². The first-order chi connectivity index (χ1) is 7.29. The molecular formula is C8H5F6NO. The predicted octanol–water partition coefficient (Wildman–Crippen LogP) is 2.67. The van der Waals surface area contributed by atoms with E-state index < -0.39 is 41.8 Å². The molecule has 0 bridgehead atoms. The Labute approximate surface area is 85.5 Å². The van der Waals surface area contributed by atoms with E-state index in [1.165, 1.54) is 0 Å². The van der Waals surface area contributed by atoms with Crippen LogP contribution in [0.3, 0.4) is 0 Å². The van der Waals surface area contributed by atoms with Gasteiger partial charge < -0.3 is 5.11 Å². The molecule has 0 atom stereocenters. The van der Waals surface area contributed by atoms with Crippen LogP contribution in [0, 0.1) is 5.82 Å². The highest BCUT2D eigenvalue weighted by atomic mass is 19.4. The second kappa shape index (κ2) is 4.28. The molecule has 8 heteroatoms. The largest absolute Gasteiger partial charge is 0.419 e. The van der Waals surface area contributed by atoms with E-state index in [2.05, 4.69) is 4.98 Å². The average Bonchev–Trinajstić information content (AvgIpc) is 2.14. The summed E-state index contributed by atoms with van der Waals surface area (Å²) in [5, 5.41) is 8.54.